The zero-order valence-corrected chi connectivity index (χ0v) is 10.9. The summed E-state index contributed by atoms with van der Waals surface area (Å²) in [5.74, 6) is -0.364. The molecule has 0 radical (unpaired) electrons. The van der Waals surface area contributed by atoms with E-state index in [0.717, 1.165) is 6.07 Å². The zero-order valence-electron chi connectivity index (χ0n) is 10.9. The van der Waals surface area contributed by atoms with Crippen LogP contribution >= 0.6 is 0 Å². The van der Waals surface area contributed by atoms with Gasteiger partial charge in [-0.25, -0.2) is 0 Å². The number of rotatable bonds is 7. The number of esters is 1. The molecule has 0 aliphatic rings. The summed E-state index contributed by atoms with van der Waals surface area (Å²) in [6, 6.07) is 3.41. The van der Waals surface area contributed by atoms with Crippen molar-refractivity contribution < 1.29 is 19.4 Å². The summed E-state index contributed by atoms with van der Waals surface area (Å²) >= 11 is 0. The third-order valence-electron chi connectivity index (χ3n) is 2.56. The van der Waals surface area contributed by atoms with Crippen LogP contribution in [0.1, 0.15) is 25.3 Å². The molecule has 0 atom stereocenters. The molecule has 8 heteroatoms. The zero-order chi connectivity index (χ0) is 15.1. The highest BCUT2D eigenvalue weighted by molar-refractivity contribution is 5.69. The molecule has 0 amide bonds. The minimum Gasteiger partial charge on any atom is -0.465 e. The summed E-state index contributed by atoms with van der Waals surface area (Å²) in [6.07, 6.45) is 1.10. The van der Waals surface area contributed by atoms with Crippen molar-refractivity contribution in [1.82, 2.24) is 0 Å². The number of hydrogen-bond acceptors (Lipinski definition) is 6. The van der Waals surface area contributed by atoms with Gasteiger partial charge in [-0.05, 0) is 12.5 Å². The van der Waals surface area contributed by atoms with Crippen molar-refractivity contribution >= 4 is 17.3 Å². The summed E-state index contributed by atoms with van der Waals surface area (Å²) < 4.78 is 4.90. The van der Waals surface area contributed by atoms with Crippen LogP contribution in [0.3, 0.4) is 0 Å². The highest BCUT2D eigenvalue weighted by Crippen LogP contribution is 2.25. The number of carbonyl (C=O) groups excluding carboxylic acids is 1. The SMILES string of the molecule is CCCC(=O)OCCc1ccc([N+](=O)[O-])cc1[N+](=O)[O-]. The molecule has 108 valence electrons. The molecule has 1 aromatic rings. The first-order valence-electron chi connectivity index (χ1n) is 6.03. The van der Waals surface area contributed by atoms with Crippen molar-refractivity contribution in [1.29, 1.82) is 0 Å². The fourth-order valence-electron chi connectivity index (χ4n) is 1.60. The van der Waals surface area contributed by atoms with Crippen LogP contribution in [0.2, 0.25) is 0 Å². The van der Waals surface area contributed by atoms with Crippen LogP contribution in [0.15, 0.2) is 18.2 Å². The summed E-state index contributed by atoms with van der Waals surface area (Å²) in [5, 5.41) is 21.4. The lowest BCUT2D eigenvalue weighted by atomic mass is 10.1. The summed E-state index contributed by atoms with van der Waals surface area (Å²) in [4.78, 5) is 31.2. The topological polar surface area (TPSA) is 113 Å². The van der Waals surface area contributed by atoms with E-state index in [4.69, 9.17) is 4.74 Å². The molecule has 0 aromatic heterocycles. The van der Waals surface area contributed by atoms with Gasteiger partial charge in [0.1, 0.15) is 0 Å². The average molecular weight is 282 g/mol. The number of hydrogen-bond donors (Lipinski definition) is 0. The monoisotopic (exact) mass is 282 g/mol. The first-order valence-corrected chi connectivity index (χ1v) is 6.03. The minimum atomic E-state index is -0.696. The standard InChI is InChI=1S/C12H14N2O6/c1-2-3-12(15)20-7-6-9-4-5-10(13(16)17)8-11(9)14(18)19/h4-5,8H,2-3,6-7H2,1H3. The molecule has 0 N–H and O–H groups in total. The Morgan fingerprint density at radius 3 is 2.50 bits per heavy atom. The normalized spacial score (nSPS) is 10.1. The van der Waals surface area contributed by atoms with Gasteiger partial charge in [-0.15, -0.1) is 0 Å². The van der Waals surface area contributed by atoms with Gasteiger partial charge < -0.3 is 4.74 Å². The lowest BCUT2D eigenvalue weighted by Gasteiger charge is -2.05. The molecular formula is C12H14N2O6. The molecule has 0 bridgehead atoms. The lowest BCUT2D eigenvalue weighted by molar-refractivity contribution is -0.394. The summed E-state index contributed by atoms with van der Waals surface area (Å²) in [6.45, 7) is 1.85. The van der Waals surface area contributed by atoms with E-state index in [1.807, 2.05) is 6.92 Å². The smallest absolute Gasteiger partial charge is 0.305 e. The molecule has 0 fully saturated rings. The van der Waals surface area contributed by atoms with Gasteiger partial charge in [0, 0.05) is 24.5 Å². The third-order valence-corrected chi connectivity index (χ3v) is 2.56. The number of benzene rings is 1. The third kappa shape index (κ3) is 4.30. The van der Waals surface area contributed by atoms with E-state index in [-0.39, 0.29) is 30.4 Å². The summed E-state index contributed by atoms with van der Waals surface area (Å²) in [5.41, 5.74) is -0.390. The second kappa shape index (κ2) is 7.17. The van der Waals surface area contributed by atoms with Gasteiger partial charge >= 0.3 is 5.97 Å². The van der Waals surface area contributed by atoms with Gasteiger partial charge in [-0.2, -0.15) is 0 Å². The largest absolute Gasteiger partial charge is 0.465 e. The molecule has 0 aliphatic heterocycles. The Kier molecular flexibility index (Phi) is 5.57. The van der Waals surface area contributed by atoms with Crippen molar-refractivity contribution in [2.24, 2.45) is 0 Å². The molecule has 0 saturated carbocycles. The molecule has 1 aromatic carbocycles. The number of nitro benzene ring substituents is 2. The van der Waals surface area contributed by atoms with Crippen molar-refractivity contribution in [3.63, 3.8) is 0 Å². The number of ether oxygens (including phenoxy) is 1. The van der Waals surface area contributed by atoms with E-state index in [1.54, 1.807) is 0 Å². The lowest BCUT2D eigenvalue weighted by Crippen LogP contribution is -2.08. The number of carbonyl (C=O) groups is 1. The van der Waals surface area contributed by atoms with E-state index in [1.165, 1.54) is 12.1 Å². The highest BCUT2D eigenvalue weighted by Gasteiger charge is 2.19. The predicted octanol–water partition coefficient (Wildman–Crippen LogP) is 2.39. The van der Waals surface area contributed by atoms with Gasteiger partial charge in [0.25, 0.3) is 11.4 Å². The Balaban J connectivity index is 2.77. The Labute approximate surface area is 114 Å². The molecule has 1 rings (SSSR count). The van der Waals surface area contributed by atoms with Gasteiger partial charge in [-0.3, -0.25) is 25.0 Å². The van der Waals surface area contributed by atoms with Crippen LogP contribution in [-0.4, -0.2) is 22.4 Å². The predicted molar refractivity (Wildman–Crippen MR) is 69.3 cm³/mol. The minimum absolute atomic E-state index is 0.0114. The molecule has 0 spiro atoms. The average Bonchev–Trinajstić information content (AvgIpc) is 2.38. The van der Waals surface area contributed by atoms with E-state index in [9.17, 15) is 25.0 Å². The van der Waals surface area contributed by atoms with E-state index in [0.29, 0.717) is 18.4 Å². The molecule has 0 heterocycles. The Morgan fingerprint density at radius 1 is 1.25 bits per heavy atom. The van der Waals surface area contributed by atoms with Crippen LogP contribution < -0.4 is 0 Å². The van der Waals surface area contributed by atoms with Crippen molar-refractivity contribution in [2.75, 3.05) is 6.61 Å². The van der Waals surface area contributed by atoms with E-state index in [2.05, 4.69) is 0 Å². The van der Waals surface area contributed by atoms with Crippen LogP contribution in [0.4, 0.5) is 11.4 Å². The Bertz CT molecular complexity index is 529. The Morgan fingerprint density at radius 2 is 1.95 bits per heavy atom. The second-order valence-electron chi connectivity index (χ2n) is 4.05. The van der Waals surface area contributed by atoms with Crippen molar-refractivity contribution in [3.05, 3.63) is 44.0 Å². The van der Waals surface area contributed by atoms with E-state index < -0.39 is 9.85 Å². The molecule has 8 nitrogen and oxygen atoms in total. The number of non-ortho nitro benzene ring substituents is 1. The maximum absolute atomic E-state index is 11.2. The molecule has 20 heavy (non-hydrogen) atoms. The van der Waals surface area contributed by atoms with E-state index >= 15 is 0 Å². The van der Waals surface area contributed by atoms with Gasteiger partial charge in [0.05, 0.1) is 22.5 Å². The molecule has 0 unspecified atom stereocenters. The van der Waals surface area contributed by atoms with Crippen LogP contribution in [0, 0.1) is 20.2 Å². The van der Waals surface area contributed by atoms with Gasteiger partial charge in [0.15, 0.2) is 0 Å². The van der Waals surface area contributed by atoms with Gasteiger partial charge in [0.2, 0.25) is 0 Å². The molecule has 0 saturated heterocycles. The van der Waals surface area contributed by atoms with Crippen LogP contribution in [-0.2, 0) is 16.0 Å². The maximum Gasteiger partial charge on any atom is 0.305 e. The second-order valence-corrected chi connectivity index (χ2v) is 4.05. The Hall–Kier alpha value is -2.51. The van der Waals surface area contributed by atoms with Gasteiger partial charge in [-0.1, -0.05) is 6.92 Å². The molecular weight excluding hydrogens is 268 g/mol. The molecule has 0 aliphatic carbocycles. The highest BCUT2D eigenvalue weighted by atomic mass is 16.6. The summed E-state index contributed by atoms with van der Waals surface area (Å²) in [7, 11) is 0. The number of nitrogens with zero attached hydrogens (tertiary/aromatic N) is 2. The quantitative estimate of drug-likeness (QED) is 0.431. The fourth-order valence-corrected chi connectivity index (χ4v) is 1.60. The van der Waals surface area contributed by atoms with Crippen molar-refractivity contribution in [3.8, 4) is 0 Å². The van der Waals surface area contributed by atoms with Crippen LogP contribution in [0.25, 0.3) is 0 Å². The first kappa shape index (κ1) is 15.5. The van der Waals surface area contributed by atoms with Crippen molar-refractivity contribution in [2.45, 2.75) is 26.2 Å². The fraction of sp³-hybridized carbons (Fsp3) is 0.417. The first-order chi connectivity index (χ1) is 9.45. The number of nitro groups is 2. The van der Waals surface area contributed by atoms with Crippen LogP contribution in [0.5, 0.6) is 0 Å². The maximum atomic E-state index is 11.2.